The standard InChI is InChI=1S/C14H19N3S/c1-12-7-13(9-16-8-12)10-17-5-3-14(11-15,18-2)4-6-17/h7-9H,3-6,10H2,1-2H3. The van der Waals surface area contributed by atoms with Gasteiger partial charge in [0, 0.05) is 32.0 Å². The molecule has 0 spiro atoms. The highest BCUT2D eigenvalue weighted by Crippen LogP contribution is 2.34. The predicted octanol–water partition coefficient (Wildman–Crippen LogP) is 2.61. The Hall–Kier alpha value is -1.05. The molecule has 96 valence electrons. The van der Waals surface area contributed by atoms with Gasteiger partial charge < -0.3 is 0 Å². The van der Waals surface area contributed by atoms with Crippen molar-refractivity contribution in [2.75, 3.05) is 19.3 Å². The molecule has 0 aliphatic carbocycles. The zero-order valence-electron chi connectivity index (χ0n) is 11.0. The van der Waals surface area contributed by atoms with Crippen LogP contribution in [0.15, 0.2) is 18.5 Å². The van der Waals surface area contributed by atoms with Gasteiger partial charge in [0.15, 0.2) is 0 Å². The van der Waals surface area contributed by atoms with Crippen LogP contribution < -0.4 is 0 Å². The monoisotopic (exact) mass is 261 g/mol. The molecule has 1 aromatic rings. The number of pyridine rings is 1. The number of thioether (sulfide) groups is 1. The van der Waals surface area contributed by atoms with Gasteiger partial charge in [0.1, 0.15) is 4.75 Å². The van der Waals surface area contributed by atoms with Crippen LogP contribution in [0.1, 0.15) is 24.0 Å². The Labute approximate surface area is 113 Å². The van der Waals surface area contributed by atoms with Crippen LogP contribution in [0, 0.1) is 18.3 Å². The first kappa shape index (κ1) is 13.4. The van der Waals surface area contributed by atoms with Crippen LogP contribution in [-0.4, -0.2) is 34.0 Å². The first-order valence-electron chi connectivity index (χ1n) is 6.27. The molecule has 0 unspecified atom stereocenters. The van der Waals surface area contributed by atoms with E-state index in [9.17, 15) is 5.26 Å². The molecule has 0 aromatic carbocycles. The van der Waals surface area contributed by atoms with Crippen molar-refractivity contribution in [3.8, 4) is 6.07 Å². The molecule has 1 aromatic heterocycles. The third-order valence-electron chi connectivity index (χ3n) is 3.60. The zero-order valence-corrected chi connectivity index (χ0v) is 11.8. The molecule has 2 rings (SSSR count). The molecule has 18 heavy (non-hydrogen) atoms. The van der Waals surface area contributed by atoms with Crippen molar-refractivity contribution in [3.05, 3.63) is 29.6 Å². The minimum atomic E-state index is -0.151. The lowest BCUT2D eigenvalue weighted by Crippen LogP contribution is -2.41. The summed E-state index contributed by atoms with van der Waals surface area (Å²) < 4.78 is -0.151. The lowest BCUT2D eigenvalue weighted by Gasteiger charge is -2.36. The van der Waals surface area contributed by atoms with E-state index in [4.69, 9.17) is 0 Å². The van der Waals surface area contributed by atoms with Gasteiger partial charge in [-0.25, -0.2) is 0 Å². The van der Waals surface area contributed by atoms with Crippen LogP contribution in [-0.2, 0) is 6.54 Å². The zero-order chi connectivity index (χ0) is 13.0. The van der Waals surface area contributed by atoms with Gasteiger partial charge in [0.2, 0.25) is 0 Å². The molecule has 2 heterocycles. The third kappa shape index (κ3) is 3.04. The fourth-order valence-electron chi connectivity index (χ4n) is 2.40. The number of piperidine rings is 1. The Kier molecular flexibility index (Phi) is 4.26. The van der Waals surface area contributed by atoms with Crippen molar-refractivity contribution < 1.29 is 0 Å². The molecular formula is C14H19N3S. The normalized spacial score (nSPS) is 19.4. The Morgan fingerprint density at radius 3 is 2.72 bits per heavy atom. The van der Waals surface area contributed by atoms with Crippen LogP contribution in [0.3, 0.4) is 0 Å². The molecule has 0 N–H and O–H groups in total. The fraction of sp³-hybridized carbons (Fsp3) is 0.571. The van der Waals surface area contributed by atoms with E-state index in [0.717, 1.165) is 32.5 Å². The van der Waals surface area contributed by atoms with E-state index < -0.39 is 0 Å². The third-order valence-corrected chi connectivity index (χ3v) is 4.88. The highest BCUT2D eigenvalue weighted by atomic mass is 32.2. The van der Waals surface area contributed by atoms with Crippen molar-refractivity contribution >= 4 is 11.8 Å². The van der Waals surface area contributed by atoms with Crippen molar-refractivity contribution in [2.45, 2.75) is 31.1 Å². The topological polar surface area (TPSA) is 39.9 Å². The van der Waals surface area contributed by atoms with Gasteiger partial charge >= 0.3 is 0 Å². The molecule has 0 saturated carbocycles. The summed E-state index contributed by atoms with van der Waals surface area (Å²) >= 11 is 1.70. The number of likely N-dealkylation sites (tertiary alicyclic amines) is 1. The molecule has 0 atom stereocenters. The van der Waals surface area contributed by atoms with Gasteiger partial charge in [-0.3, -0.25) is 9.88 Å². The van der Waals surface area contributed by atoms with Gasteiger partial charge in [0.05, 0.1) is 6.07 Å². The molecule has 0 radical (unpaired) electrons. The molecule has 1 saturated heterocycles. The molecule has 0 amide bonds. The van der Waals surface area contributed by atoms with Gasteiger partial charge in [-0.15, -0.1) is 11.8 Å². The Bertz CT molecular complexity index is 445. The molecule has 3 nitrogen and oxygen atoms in total. The highest BCUT2D eigenvalue weighted by Gasteiger charge is 2.33. The van der Waals surface area contributed by atoms with Gasteiger partial charge in [0.25, 0.3) is 0 Å². The number of hydrogen-bond acceptors (Lipinski definition) is 4. The van der Waals surface area contributed by atoms with Crippen LogP contribution >= 0.6 is 11.8 Å². The number of nitriles is 1. The average Bonchev–Trinajstić information content (AvgIpc) is 2.40. The maximum Gasteiger partial charge on any atom is 0.104 e. The number of aryl methyl sites for hydroxylation is 1. The van der Waals surface area contributed by atoms with Crippen LogP contribution in [0.5, 0.6) is 0 Å². The number of hydrogen-bond donors (Lipinski definition) is 0. The number of rotatable bonds is 3. The van der Waals surface area contributed by atoms with Crippen LogP contribution in [0.2, 0.25) is 0 Å². The second kappa shape index (κ2) is 5.73. The molecule has 1 aliphatic rings. The lowest BCUT2D eigenvalue weighted by molar-refractivity contribution is 0.209. The van der Waals surface area contributed by atoms with Crippen molar-refractivity contribution in [2.24, 2.45) is 0 Å². The summed E-state index contributed by atoms with van der Waals surface area (Å²) in [6.07, 6.45) is 7.79. The molecule has 1 aliphatic heterocycles. The SMILES string of the molecule is CSC1(C#N)CCN(Cc2cncc(C)c2)CC1. The number of aromatic nitrogens is 1. The Morgan fingerprint density at radius 1 is 1.44 bits per heavy atom. The first-order valence-corrected chi connectivity index (χ1v) is 7.49. The largest absolute Gasteiger partial charge is 0.299 e. The van der Waals surface area contributed by atoms with Gasteiger partial charge in [-0.2, -0.15) is 5.26 Å². The van der Waals surface area contributed by atoms with Crippen LogP contribution in [0.25, 0.3) is 0 Å². The second-order valence-corrected chi connectivity index (χ2v) is 6.15. The Balaban J connectivity index is 1.93. The second-order valence-electron chi connectivity index (χ2n) is 4.96. The molecule has 0 bridgehead atoms. The summed E-state index contributed by atoms with van der Waals surface area (Å²) in [5, 5.41) is 9.25. The van der Waals surface area contributed by atoms with E-state index in [0.29, 0.717) is 0 Å². The lowest BCUT2D eigenvalue weighted by atomic mass is 9.97. The summed E-state index contributed by atoms with van der Waals surface area (Å²) in [4.78, 5) is 6.65. The average molecular weight is 261 g/mol. The van der Waals surface area contributed by atoms with Crippen molar-refractivity contribution in [1.82, 2.24) is 9.88 Å². The summed E-state index contributed by atoms with van der Waals surface area (Å²) in [5.74, 6) is 0. The van der Waals surface area contributed by atoms with E-state index >= 15 is 0 Å². The number of nitrogens with zero attached hydrogens (tertiary/aromatic N) is 3. The summed E-state index contributed by atoms with van der Waals surface area (Å²) in [5.41, 5.74) is 2.48. The van der Waals surface area contributed by atoms with Crippen molar-refractivity contribution in [1.29, 1.82) is 5.26 Å². The van der Waals surface area contributed by atoms with E-state index in [1.54, 1.807) is 11.8 Å². The maximum absolute atomic E-state index is 9.25. The summed E-state index contributed by atoms with van der Waals surface area (Å²) in [6.45, 7) is 5.02. The van der Waals surface area contributed by atoms with Gasteiger partial charge in [-0.1, -0.05) is 6.07 Å². The Morgan fingerprint density at radius 2 is 2.17 bits per heavy atom. The van der Waals surface area contributed by atoms with E-state index in [2.05, 4.69) is 28.9 Å². The summed E-state index contributed by atoms with van der Waals surface area (Å²) in [7, 11) is 0. The predicted molar refractivity (Wildman–Crippen MR) is 75.3 cm³/mol. The molecular weight excluding hydrogens is 242 g/mol. The smallest absolute Gasteiger partial charge is 0.104 e. The fourth-order valence-corrected chi connectivity index (χ4v) is 3.08. The van der Waals surface area contributed by atoms with Gasteiger partial charge in [-0.05, 0) is 37.1 Å². The maximum atomic E-state index is 9.25. The van der Waals surface area contributed by atoms with E-state index in [1.807, 2.05) is 18.6 Å². The highest BCUT2D eigenvalue weighted by molar-refractivity contribution is 8.00. The van der Waals surface area contributed by atoms with E-state index in [-0.39, 0.29) is 4.75 Å². The van der Waals surface area contributed by atoms with Crippen LogP contribution in [0.4, 0.5) is 0 Å². The first-order chi connectivity index (χ1) is 8.67. The quantitative estimate of drug-likeness (QED) is 0.838. The van der Waals surface area contributed by atoms with E-state index in [1.165, 1.54) is 11.1 Å². The molecule has 1 fully saturated rings. The minimum absolute atomic E-state index is 0.151. The minimum Gasteiger partial charge on any atom is -0.299 e. The van der Waals surface area contributed by atoms with Crippen molar-refractivity contribution in [3.63, 3.8) is 0 Å². The summed E-state index contributed by atoms with van der Waals surface area (Å²) in [6, 6.07) is 4.67. The molecule has 4 heteroatoms.